The Bertz CT molecular complexity index is 704. The maximum absolute atomic E-state index is 12.3. The lowest BCUT2D eigenvalue weighted by molar-refractivity contribution is 0.390. The van der Waals surface area contributed by atoms with Gasteiger partial charge in [0, 0.05) is 20.5 Å². The first-order chi connectivity index (χ1) is 8.93. The fraction of sp³-hybridized carbons (Fsp3) is 0.417. The molecule has 7 heteroatoms. The topological polar surface area (TPSA) is 63.9 Å². The third kappa shape index (κ3) is 2.08. The van der Waals surface area contributed by atoms with E-state index in [2.05, 4.69) is 4.98 Å². The molecule has 0 bridgehead atoms. The summed E-state index contributed by atoms with van der Waals surface area (Å²) in [4.78, 5) is 4.26. The van der Waals surface area contributed by atoms with Gasteiger partial charge in [0.2, 0.25) is 0 Å². The van der Waals surface area contributed by atoms with Crippen molar-refractivity contribution in [1.82, 2.24) is 13.7 Å². The SMILES string of the molecule is CCc1nc(S(=O)(=O)N(C)C)c2cccc(OC)n12. The zero-order chi connectivity index (χ0) is 14.2. The van der Waals surface area contributed by atoms with Crippen LogP contribution >= 0.6 is 0 Å². The largest absolute Gasteiger partial charge is 0.482 e. The maximum atomic E-state index is 12.3. The molecule has 0 radical (unpaired) electrons. The summed E-state index contributed by atoms with van der Waals surface area (Å²) in [5.74, 6) is 1.23. The van der Waals surface area contributed by atoms with Crippen molar-refractivity contribution >= 4 is 15.5 Å². The second-order valence-electron chi connectivity index (χ2n) is 4.26. The van der Waals surface area contributed by atoms with E-state index in [1.807, 2.05) is 6.92 Å². The van der Waals surface area contributed by atoms with Crippen LogP contribution in [0.3, 0.4) is 0 Å². The average molecular weight is 283 g/mol. The van der Waals surface area contributed by atoms with Gasteiger partial charge in [-0.3, -0.25) is 4.40 Å². The van der Waals surface area contributed by atoms with Gasteiger partial charge in [0.15, 0.2) is 10.9 Å². The molecule has 0 fully saturated rings. The molecule has 0 saturated carbocycles. The number of pyridine rings is 1. The van der Waals surface area contributed by atoms with E-state index < -0.39 is 10.0 Å². The third-order valence-corrected chi connectivity index (χ3v) is 4.66. The van der Waals surface area contributed by atoms with Gasteiger partial charge in [0.1, 0.15) is 5.82 Å². The van der Waals surface area contributed by atoms with Crippen molar-refractivity contribution in [2.24, 2.45) is 0 Å². The minimum atomic E-state index is -3.57. The van der Waals surface area contributed by atoms with Crippen LogP contribution in [0.2, 0.25) is 0 Å². The number of hydrogen-bond acceptors (Lipinski definition) is 4. The van der Waals surface area contributed by atoms with Crippen LogP contribution in [0.5, 0.6) is 5.88 Å². The van der Waals surface area contributed by atoms with Crippen molar-refractivity contribution < 1.29 is 13.2 Å². The second kappa shape index (κ2) is 4.82. The van der Waals surface area contributed by atoms with Crippen LogP contribution < -0.4 is 4.74 Å². The van der Waals surface area contributed by atoms with Gasteiger partial charge < -0.3 is 4.74 Å². The summed E-state index contributed by atoms with van der Waals surface area (Å²) in [5.41, 5.74) is 0.532. The van der Waals surface area contributed by atoms with Gasteiger partial charge in [0.25, 0.3) is 10.0 Å². The summed E-state index contributed by atoms with van der Waals surface area (Å²) in [6, 6.07) is 5.26. The van der Waals surface area contributed by atoms with Crippen LogP contribution in [0.4, 0.5) is 0 Å². The zero-order valence-corrected chi connectivity index (χ0v) is 12.2. The van der Waals surface area contributed by atoms with Gasteiger partial charge in [-0.25, -0.2) is 17.7 Å². The summed E-state index contributed by atoms with van der Waals surface area (Å²) in [6.07, 6.45) is 0.616. The number of sulfonamides is 1. The van der Waals surface area contributed by atoms with E-state index in [-0.39, 0.29) is 5.03 Å². The van der Waals surface area contributed by atoms with Gasteiger partial charge >= 0.3 is 0 Å². The lowest BCUT2D eigenvalue weighted by Crippen LogP contribution is -2.22. The van der Waals surface area contributed by atoms with Crippen molar-refractivity contribution in [3.05, 3.63) is 24.0 Å². The normalized spacial score (nSPS) is 12.3. The van der Waals surface area contributed by atoms with Crippen LogP contribution in [0.25, 0.3) is 5.52 Å². The quantitative estimate of drug-likeness (QED) is 0.844. The molecule has 0 aliphatic carbocycles. The second-order valence-corrected chi connectivity index (χ2v) is 6.33. The number of aromatic nitrogens is 2. The first-order valence-electron chi connectivity index (χ1n) is 5.90. The molecule has 0 saturated heterocycles. The number of ether oxygens (including phenoxy) is 1. The van der Waals surface area contributed by atoms with Crippen molar-refractivity contribution in [3.8, 4) is 5.88 Å². The molecule has 0 unspecified atom stereocenters. The maximum Gasteiger partial charge on any atom is 0.262 e. The van der Waals surface area contributed by atoms with Crippen molar-refractivity contribution in [2.45, 2.75) is 18.4 Å². The Labute approximate surface area is 112 Å². The number of nitrogens with zero attached hydrogens (tertiary/aromatic N) is 3. The van der Waals surface area contributed by atoms with E-state index in [0.29, 0.717) is 23.6 Å². The predicted molar refractivity (Wildman–Crippen MR) is 72.0 cm³/mol. The fourth-order valence-corrected chi connectivity index (χ4v) is 2.90. The molecule has 104 valence electrons. The number of rotatable bonds is 4. The average Bonchev–Trinajstić information content (AvgIpc) is 2.77. The van der Waals surface area contributed by atoms with Gasteiger partial charge in [0.05, 0.1) is 12.6 Å². The van der Waals surface area contributed by atoms with E-state index in [1.54, 1.807) is 29.7 Å². The fourth-order valence-electron chi connectivity index (χ4n) is 1.91. The van der Waals surface area contributed by atoms with Crippen LogP contribution in [-0.2, 0) is 16.4 Å². The van der Waals surface area contributed by atoms with Crippen LogP contribution in [0, 0.1) is 0 Å². The molecular formula is C12H17N3O3S. The zero-order valence-electron chi connectivity index (χ0n) is 11.4. The first kappa shape index (κ1) is 13.8. The van der Waals surface area contributed by atoms with Crippen molar-refractivity contribution in [1.29, 1.82) is 0 Å². The standard InChI is InChI=1S/C12H17N3O3S/c1-5-10-13-12(19(16,17)14(2)3)9-7-6-8-11(18-4)15(9)10/h6-8H,5H2,1-4H3. The Morgan fingerprint density at radius 2 is 2.05 bits per heavy atom. The number of methoxy groups -OCH3 is 1. The predicted octanol–water partition coefficient (Wildman–Crippen LogP) is 1.16. The molecule has 2 aromatic rings. The summed E-state index contributed by atoms with van der Waals surface area (Å²) in [7, 11) is 0.963. The lowest BCUT2D eigenvalue weighted by atomic mass is 10.4. The molecular weight excluding hydrogens is 266 g/mol. The van der Waals surface area contributed by atoms with Crippen LogP contribution in [-0.4, -0.2) is 43.3 Å². The van der Waals surface area contributed by atoms with Crippen molar-refractivity contribution in [3.63, 3.8) is 0 Å². The molecule has 0 spiro atoms. The van der Waals surface area contributed by atoms with Gasteiger partial charge in [-0.05, 0) is 12.1 Å². The summed E-state index contributed by atoms with van der Waals surface area (Å²) in [5, 5.41) is 0.0632. The molecule has 0 N–H and O–H groups in total. The highest BCUT2D eigenvalue weighted by molar-refractivity contribution is 7.89. The molecule has 6 nitrogen and oxygen atoms in total. The number of fused-ring (bicyclic) bond motifs is 1. The summed E-state index contributed by atoms with van der Waals surface area (Å²) in [6.45, 7) is 1.92. The molecule has 0 atom stereocenters. The van der Waals surface area contributed by atoms with E-state index in [4.69, 9.17) is 4.74 Å². The molecule has 0 aliphatic heterocycles. The Morgan fingerprint density at radius 1 is 1.37 bits per heavy atom. The highest BCUT2D eigenvalue weighted by Crippen LogP contribution is 2.25. The number of hydrogen-bond donors (Lipinski definition) is 0. The van der Waals surface area contributed by atoms with Gasteiger partial charge in [-0.1, -0.05) is 13.0 Å². The summed E-state index contributed by atoms with van der Waals surface area (Å²) >= 11 is 0. The summed E-state index contributed by atoms with van der Waals surface area (Å²) < 4.78 is 32.7. The molecule has 2 rings (SSSR count). The Balaban J connectivity index is 2.86. The smallest absolute Gasteiger partial charge is 0.262 e. The number of aryl methyl sites for hydroxylation is 1. The van der Waals surface area contributed by atoms with E-state index in [9.17, 15) is 8.42 Å². The molecule has 0 aromatic carbocycles. The minimum absolute atomic E-state index is 0.0632. The highest BCUT2D eigenvalue weighted by Gasteiger charge is 2.26. The van der Waals surface area contributed by atoms with Crippen LogP contribution in [0.1, 0.15) is 12.7 Å². The number of imidazole rings is 1. The highest BCUT2D eigenvalue weighted by atomic mass is 32.2. The van der Waals surface area contributed by atoms with E-state index in [0.717, 1.165) is 4.31 Å². The molecule has 2 heterocycles. The van der Waals surface area contributed by atoms with Crippen molar-refractivity contribution in [2.75, 3.05) is 21.2 Å². The minimum Gasteiger partial charge on any atom is -0.482 e. The monoisotopic (exact) mass is 283 g/mol. The Hall–Kier alpha value is -1.60. The van der Waals surface area contributed by atoms with E-state index in [1.165, 1.54) is 14.1 Å². The Kier molecular flexibility index (Phi) is 3.51. The first-order valence-corrected chi connectivity index (χ1v) is 7.34. The molecule has 19 heavy (non-hydrogen) atoms. The van der Waals surface area contributed by atoms with Gasteiger partial charge in [-0.15, -0.1) is 0 Å². The molecule has 0 aliphatic rings. The third-order valence-electron chi connectivity index (χ3n) is 2.91. The molecule has 0 amide bonds. The molecule has 2 aromatic heterocycles. The van der Waals surface area contributed by atoms with Crippen LogP contribution in [0.15, 0.2) is 23.2 Å². The van der Waals surface area contributed by atoms with Gasteiger partial charge in [-0.2, -0.15) is 0 Å². The lowest BCUT2D eigenvalue weighted by Gasteiger charge is -2.09. The Morgan fingerprint density at radius 3 is 2.58 bits per heavy atom. The van der Waals surface area contributed by atoms with E-state index >= 15 is 0 Å².